The summed E-state index contributed by atoms with van der Waals surface area (Å²) in [6.07, 6.45) is 3.86. The van der Waals surface area contributed by atoms with Crippen molar-refractivity contribution in [2.45, 2.75) is 31.8 Å². The molecule has 1 unspecified atom stereocenters. The van der Waals surface area contributed by atoms with E-state index in [0.29, 0.717) is 36.3 Å². The largest absolute Gasteiger partial charge is 0.492 e. The molecule has 10 nitrogen and oxygen atoms in total. The zero-order chi connectivity index (χ0) is 23.8. The number of hydrogen-bond donors (Lipinski definition) is 3. The molecule has 2 aliphatic rings. The van der Waals surface area contributed by atoms with E-state index in [-0.39, 0.29) is 23.0 Å². The molecule has 1 atom stereocenters. The van der Waals surface area contributed by atoms with Gasteiger partial charge in [-0.25, -0.2) is 9.18 Å². The number of ether oxygens (including phenoxy) is 1. The summed E-state index contributed by atoms with van der Waals surface area (Å²) in [5, 5.41) is 12.7. The van der Waals surface area contributed by atoms with Gasteiger partial charge in [0.1, 0.15) is 11.3 Å². The number of piperazine rings is 1. The lowest BCUT2D eigenvalue weighted by Gasteiger charge is -2.35. The van der Waals surface area contributed by atoms with E-state index >= 15 is 4.39 Å². The van der Waals surface area contributed by atoms with Crippen molar-refractivity contribution in [3.05, 3.63) is 33.9 Å². The minimum atomic E-state index is -3.67. The van der Waals surface area contributed by atoms with E-state index in [9.17, 15) is 23.1 Å². The molecule has 2 fully saturated rings. The Bertz CT molecular complexity index is 1200. The van der Waals surface area contributed by atoms with E-state index in [4.69, 9.17) is 9.29 Å². The minimum absolute atomic E-state index is 0.0445. The van der Waals surface area contributed by atoms with Crippen molar-refractivity contribution in [3.8, 4) is 5.75 Å². The number of aromatic carboxylic acids is 1. The second kappa shape index (κ2) is 9.04. The number of carbonyl (C=O) groups is 1. The van der Waals surface area contributed by atoms with Crippen LogP contribution in [0, 0.1) is 5.82 Å². The number of aromatic nitrogens is 1. The molecule has 1 saturated carbocycles. The average molecular weight is 472 g/mol. The Hall–Kier alpha value is -2.70. The minimum Gasteiger partial charge on any atom is -0.492 e. The Balaban J connectivity index is 0.000000523. The van der Waals surface area contributed by atoms with E-state index in [0.717, 1.165) is 25.5 Å². The Morgan fingerprint density at radius 3 is 2.47 bits per heavy atom. The van der Waals surface area contributed by atoms with Crippen molar-refractivity contribution in [1.29, 1.82) is 0 Å². The zero-order valence-electron chi connectivity index (χ0n) is 18.0. The number of nitrogens with zero attached hydrogens (tertiary/aromatic N) is 2. The number of pyridine rings is 1. The highest BCUT2D eigenvalue weighted by atomic mass is 32.2. The van der Waals surface area contributed by atoms with Crippen LogP contribution in [0.3, 0.4) is 0 Å². The maximum atomic E-state index is 15.1. The van der Waals surface area contributed by atoms with Crippen LogP contribution in [0.2, 0.25) is 0 Å². The molecule has 176 valence electrons. The Morgan fingerprint density at radius 1 is 1.34 bits per heavy atom. The fourth-order valence-corrected chi connectivity index (χ4v) is 3.86. The van der Waals surface area contributed by atoms with Gasteiger partial charge in [-0.05, 0) is 25.8 Å². The van der Waals surface area contributed by atoms with E-state index < -0.39 is 27.3 Å². The second-order valence-electron chi connectivity index (χ2n) is 7.99. The molecule has 1 saturated heterocycles. The smallest absolute Gasteiger partial charge is 0.341 e. The highest BCUT2D eigenvalue weighted by Crippen LogP contribution is 2.43. The third kappa shape index (κ3) is 5.19. The molecule has 0 radical (unpaired) electrons. The van der Waals surface area contributed by atoms with Crippen molar-refractivity contribution in [3.63, 3.8) is 0 Å². The topological polar surface area (TPSA) is 138 Å². The van der Waals surface area contributed by atoms with Gasteiger partial charge in [0.2, 0.25) is 5.43 Å². The molecule has 2 aromatic rings. The number of carboxylic acid groups (broad SMARTS) is 1. The second-order valence-corrected chi connectivity index (χ2v) is 9.45. The van der Waals surface area contributed by atoms with Crippen LogP contribution in [0.4, 0.5) is 10.1 Å². The zero-order valence-corrected chi connectivity index (χ0v) is 18.8. The normalized spacial score (nSPS) is 18.8. The van der Waals surface area contributed by atoms with Gasteiger partial charge in [-0.15, -0.1) is 0 Å². The van der Waals surface area contributed by atoms with Crippen LogP contribution >= 0.6 is 0 Å². The van der Waals surface area contributed by atoms with Crippen molar-refractivity contribution in [1.82, 2.24) is 9.88 Å². The van der Waals surface area contributed by atoms with Crippen LogP contribution in [-0.4, -0.2) is 67.7 Å². The van der Waals surface area contributed by atoms with E-state index in [1.807, 2.05) is 11.8 Å². The molecule has 2 heterocycles. The summed E-state index contributed by atoms with van der Waals surface area (Å²) in [6, 6.07) is 1.45. The number of halogens is 1. The summed E-state index contributed by atoms with van der Waals surface area (Å²) in [6.45, 7) is 3.97. The summed E-state index contributed by atoms with van der Waals surface area (Å²) in [5.74, 6) is -1.59. The number of anilines is 1. The van der Waals surface area contributed by atoms with Gasteiger partial charge < -0.3 is 24.6 Å². The van der Waals surface area contributed by atoms with Crippen LogP contribution in [0.1, 0.15) is 36.2 Å². The van der Waals surface area contributed by atoms with Gasteiger partial charge in [-0.3, -0.25) is 9.35 Å². The molecule has 4 rings (SSSR count). The summed E-state index contributed by atoms with van der Waals surface area (Å²) in [7, 11) is -2.21. The first-order valence-electron chi connectivity index (χ1n) is 10.0. The molecular weight excluding hydrogens is 445 g/mol. The monoisotopic (exact) mass is 471 g/mol. The molecule has 0 spiro atoms. The molecule has 0 amide bonds. The van der Waals surface area contributed by atoms with E-state index in [1.165, 1.54) is 13.3 Å². The van der Waals surface area contributed by atoms with Gasteiger partial charge in [-0.1, -0.05) is 0 Å². The number of carboxylic acids is 1. The van der Waals surface area contributed by atoms with Gasteiger partial charge in [0, 0.05) is 37.9 Å². The number of rotatable bonds is 4. The third-order valence-electron chi connectivity index (χ3n) is 5.26. The SMILES string of the molecule is COc1c(N2CCNC(C)C2)c(F)cc2c(=O)c(C(=O)O)cn(C3CC3)c12.CS(=O)(=O)O. The number of fused-ring (bicyclic) bond motifs is 1. The van der Waals surface area contributed by atoms with Gasteiger partial charge >= 0.3 is 5.97 Å². The standard InChI is InChI=1S/C19H22FN3O4.CH4O3S/c1-10-8-22(6-5-21-10)16-14(20)7-12-15(18(16)27-2)23(11-3-4-11)9-13(17(12)24)19(25)26;1-5(2,3)4/h7,9-11,21H,3-6,8H2,1-2H3,(H,25,26);1H3,(H,2,3,4). The van der Waals surface area contributed by atoms with Crippen LogP contribution in [0.15, 0.2) is 17.1 Å². The highest BCUT2D eigenvalue weighted by molar-refractivity contribution is 7.85. The summed E-state index contributed by atoms with van der Waals surface area (Å²) in [5.41, 5.74) is -0.237. The molecular formula is C20H26FN3O7S. The van der Waals surface area contributed by atoms with Gasteiger partial charge in [0.25, 0.3) is 10.1 Å². The van der Waals surface area contributed by atoms with Crippen LogP contribution in [-0.2, 0) is 10.1 Å². The quantitative estimate of drug-likeness (QED) is 0.566. The predicted molar refractivity (Wildman–Crippen MR) is 117 cm³/mol. The van der Waals surface area contributed by atoms with Crippen molar-refractivity contribution in [2.75, 3.05) is 37.9 Å². The lowest BCUT2D eigenvalue weighted by atomic mass is 10.1. The number of methoxy groups -OCH3 is 1. The fraction of sp³-hybridized carbons (Fsp3) is 0.500. The van der Waals surface area contributed by atoms with Gasteiger partial charge in [-0.2, -0.15) is 8.42 Å². The molecule has 1 aromatic carbocycles. The molecule has 1 aromatic heterocycles. The summed E-state index contributed by atoms with van der Waals surface area (Å²) < 4.78 is 48.3. The average Bonchev–Trinajstić information content (AvgIpc) is 3.51. The predicted octanol–water partition coefficient (Wildman–Crippen LogP) is 1.48. The van der Waals surface area contributed by atoms with E-state index in [1.54, 1.807) is 4.57 Å². The van der Waals surface area contributed by atoms with Crippen LogP contribution < -0.4 is 20.4 Å². The van der Waals surface area contributed by atoms with Crippen molar-refractivity contribution >= 4 is 32.7 Å². The van der Waals surface area contributed by atoms with Gasteiger partial charge in [0.15, 0.2) is 11.6 Å². The molecule has 3 N–H and O–H groups in total. The first kappa shape index (κ1) is 24.0. The van der Waals surface area contributed by atoms with Crippen LogP contribution in [0.5, 0.6) is 5.75 Å². The Kier molecular flexibility index (Phi) is 6.77. The lowest BCUT2D eigenvalue weighted by molar-refractivity contribution is 0.0694. The Labute approximate surface area is 184 Å². The third-order valence-corrected chi connectivity index (χ3v) is 5.26. The number of benzene rings is 1. The Morgan fingerprint density at radius 2 is 1.97 bits per heavy atom. The molecule has 1 aliphatic heterocycles. The maximum Gasteiger partial charge on any atom is 0.341 e. The van der Waals surface area contributed by atoms with Gasteiger partial charge in [0.05, 0.1) is 24.3 Å². The lowest BCUT2D eigenvalue weighted by Crippen LogP contribution is -2.49. The highest BCUT2D eigenvalue weighted by Gasteiger charge is 2.32. The first-order chi connectivity index (χ1) is 14.9. The molecule has 12 heteroatoms. The molecule has 32 heavy (non-hydrogen) atoms. The molecule has 1 aliphatic carbocycles. The van der Waals surface area contributed by atoms with Crippen molar-refractivity contribution < 1.29 is 32.0 Å². The van der Waals surface area contributed by atoms with E-state index in [2.05, 4.69) is 5.32 Å². The number of hydrogen-bond acceptors (Lipinski definition) is 7. The molecule has 0 bridgehead atoms. The number of nitrogens with one attached hydrogen (secondary N) is 1. The fourth-order valence-electron chi connectivity index (χ4n) is 3.86. The van der Waals surface area contributed by atoms with Crippen molar-refractivity contribution in [2.24, 2.45) is 0 Å². The maximum absolute atomic E-state index is 15.1. The first-order valence-corrected chi connectivity index (χ1v) is 11.9. The summed E-state index contributed by atoms with van der Waals surface area (Å²) >= 11 is 0. The summed E-state index contributed by atoms with van der Waals surface area (Å²) in [4.78, 5) is 26.1. The van der Waals surface area contributed by atoms with Crippen LogP contribution in [0.25, 0.3) is 10.9 Å².